The number of sulfone groups is 1. The van der Waals surface area contributed by atoms with E-state index in [-0.39, 0.29) is 9.37 Å². The molecule has 1 N–H and O–H groups in total. The monoisotopic (exact) mass is 268 g/mol. The lowest BCUT2D eigenvalue weighted by atomic mass is 10.3. The summed E-state index contributed by atoms with van der Waals surface area (Å²) in [6.07, 6.45) is 0.964. The molecule has 0 heterocycles. The van der Waals surface area contributed by atoms with E-state index in [1.165, 1.54) is 0 Å². The van der Waals surface area contributed by atoms with Crippen LogP contribution in [0.25, 0.3) is 0 Å². The van der Waals surface area contributed by atoms with Gasteiger partial charge in [-0.15, -0.1) is 0 Å². The Labute approximate surface area is 83.2 Å². The average molecular weight is 269 g/mol. The second kappa shape index (κ2) is 3.26. The average Bonchev–Trinajstić information content (AvgIpc) is 1.97. The molecule has 0 unspecified atom stereocenters. The summed E-state index contributed by atoms with van der Waals surface area (Å²) in [6, 6.07) is 1.92. The molecule has 1 aromatic carbocycles. The lowest BCUT2D eigenvalue weighted by molar-refractivity contribution is 0.427. The molecule has 1 aromatic rings. The van der Waals surface area contributed by atoms with Crippen LogP contribution in [0.3, 0.4) is 0 Å². The smallest absolute Gasteiger partial charge is 0.175 e. The largest absolute Gasteiger partial charge is 0.504 e. The molecule has 0 spiro atoms. The van der Waals surface area contributed by atoms with Gasteiger partial charge in [0.2, 0.25) is 0 Å². The van der Waals surface area contributed by atoms with Gasteiger partial charge in [-0.2, -0.15) is 0 Å². The molecule has 13 heavy (non-hydrogen) atoms. The zero-order valence-electron chi connectivity index (χ0n) is 6.58. The highest BCUT2D eigenvalue weighted by Gasteiger charge is 2.13. The zero-order chi connectivity index (χ0) is 10.2. The summed E-state index contributed by atoms with van der Waals surface area (Å²) in [6.45, 7) is 0. The molecule has 0 saturated heterocycles. The maximum Gasteiger partial charge on any atom is 0.175 e. The van der Waals surface area contributed by atoms with Crippen molar-refractivity contribution in [3.63, 3.8) is 0 Å². The van der Waals surface area contributed by atoms with Gasteiger partial charge in [0.15, 0.2) is 21.4 Å². The lowest BCUT2D eigenvalue weighted by Crippen LogP contribution is -1.97. The van der Waals surface area contributed by atoms with E-state index >= 15 is 0 Å². The maximum absolute atomic E-state index is 12.8. The van der Waals surface area contributed by atoms with Crippen LogP contribution < -0.4 is 0 Å². The number of phenolic OH excluding ortho intramolecular Hbond substituents is 1. The van der Waals surface area contributed by atoms with Gasteiger partial charge < -0.3 is 5.11 Å². The molecule has 0 fully saturated rings. The predicted molar refractivity (Wildman–Crippen MR) is 48.9 cm³/mol. The Hall–Kier alpha value is -0.620. The van der Waals surface area contributed by atoms with Crippen LogP contribution in [0.15, 0.2) is 21.5 Å². The van der Waals surface area contributed by atoms with Crippen LogP contribution in [0.5, 0.6) is 5.75 Å². The van der Waals surface area contributed by atoms with Gasteiger partial charge in [-0.05, 0) is 28.1 Å². The van der Waals surface area contributed by atoms with Crippen molar-refractivity contribution >= 4 is 25.8 Å². The van der Waals surface area contributed by atoms with Crippen molar-refractivity contribution in [3.8, 4) is 5.75 Å². The molecule has 0 atom stereocenters. The Morgan fingerprint density at radius 2 is 2.00 bits per heavy atom. The first-order valence-corrected chi connectivity index (χ1v) is 5.89. The van der Waals surface area contributed by atoms with E-state index in [1.54, 1.807) is 0 Å². The maximum atomic E-state index is 12.8. The quantitative estimate of drug-likeness (QED) is 0.844. The highest BCUT2D eigenvalue weighted by atomic mass is 79.9. The molecule has 0 aliphatic rings. The fourth-order valence-corrected chi connectivity index (χ4v) is 1.99. The van der Waals surface area contributed by atoms with Crippen LogP contribution in [0.2, 0.25) is 0 Å². The molecule has 0 aliphatic heterocycles. The van der Waals surface area contributed by atoms with Crippen molar-refractivity contribution in [2.24, 2.45) is 0 Å². The van der Waals surface area contributed by atoms with Crippen LogP contribution in [-0.2, 0) is 9.84 Å². The molecule has 0 aliphatic carbocycles. The third kappa shape index (κ3) is 2.19. The molecule has 1 rings (SSSR count). The minimum Gasteiger partial charge on any atom is -0.504 e. The molecule has 72 valence electrons. The van der Waals surface area contributed by atoms with Crippen LogP contribution in [0.4, 0.5) is 4.39 Å². The molecule has 0 radical (unpaired) electrons. The third-order valence-electron chi connectivity index (χ3n) is 1.42. The SMILES string of the molecule is CS(=O)(=O)c1cc(F)c(O)c(Br)c1. The van der Waals surface area contributed by atoms with Gasteiger partial charge in [-0.3, -0.25) is 0 Å². The zero-order valence-corrected chi connectivity index (χ0v) is 8.99. The van der Waals surface area contributed by atoms with Gasteiger partial charge in [0.1, 0.15) is 0 Å². The van der Waals surface area contributed by atoms with E-state index in [4.69, 9.17) is 5.11 Å². The summed E-state index contributed by atoms with van der Waals surface area (Å²) in [7, 11) is -3.45. The van der Waals surface area contributed by atoms with Crippen LogP contribution >= 0.6 is 15.9 Å². The number of benzene rings is 1. The lowest BCUT2D eigenvalue weighted by Gasteiger charge is -2.02. The second-order valence-corrected chi connectivity index (χ2v) is 5.38. The fraction of sp³-hybridized carbons (Fsp3) is 0.143. The van der Waals surface area contributed by atoms with Gasteiger partial charge >= 0.3 is 0 Å². The Balaban J connectivity index is 3.47. The Morgan fingerprint density at radius 3 is 2.38 bits per heavy atom. The standard InChI is InChI=1S/C7H6BrFO3S/c1-13(11,12)4-2-5(8)7(10)6(9)3-4/h2-3,10H,1H3. The number of aromatic hydroxyl groups is 1. The van der Waals surface area contributed by atoms with Crippen molar-refractivity contribution in [1.82, 2.24) is 0 Å². The molecule has 6 heteroatoms. The predicted octanol–water partition coefficient (Wildman–Crippen LogP) is 1.70. The van der Waals surface area contributed by atoms with Crippen molar-refractivity contribution < 1.29 is 17.9 Å². The van der Waals surface area contributed by atoms with Crippen molar-refractivity contribution in [2.75, 3.05) is 6.26 Å². The van der Waals surface area contributed by atoms with E-state index < -0.39 is 21.4 Å². The number of hydrogen-bond donors (Lipinski definition) is 1. The van der Waals surface area contributed by atoms with Crippen LogP contribution in [0.1, 0.15) is 0 Å². The summed E-state index contributed by atoms with van der Waals surface area (Å²) in [5.74, 6) is -1.55. The van der Waals surface area contributed by atoms with E-state index in [1.807, 2.05) is 0 Å². The van der Waals surface area contributed by atoms with Crippen molar-refractivity contribution in [3.05, 3.63) is 22.4 Å². The summed E-state index contributed by atoms with van der Waals surface area (Å²) in [5.41, 5.74) is 0. The third-order valence-corrected chi connectivity index (χ3v) is 3.12. The first-order chi connectivity index (χ1) is 5.82. The summed E-state index contributed by atoms with van der Waals surface area (Å²) >= 11 is 2.83. The van der Waals surface area contributed by atoms with E-state index in [0.717, 1.165) is 18.4 Å². The first kappa shape index (κ1) is 10.5. The minimum absolute atomic E-state index is 0.0212. The minimum atomic E-state index is -3.45. The topological polar surface area (TPSA) is 54.4 Å². The van der Waals surface area contributed by atoms with Crippen LogP contribution in [-0.4, -0.2) is 19.8 Å². The van der Waals surface area contributed by atoms with Gasteiger partial charge in [-0.1, -0.05) is 0 Å². The van der Waals surface area contributed by atoms with Gasteiger partial charge in [0, 0.05) is 6.26 Å². The van der Waals surface area contributed by atoms with Crippen molar-refractivity contribution in [1.29, 1.82) is 0 Å². The number of phenols is 1. The summed E-state index contributed by atoms with van der Waals surface area (Å²) in [5, 5.41) is 8.98. The van der Waals surface area contributed by atoms with E-state index in [0.29, 0.717) is 0 Å². The Bertz CT molecular complexity index is 418. The highest BCUT2D eigenvalue weighted by molar-refractivity contribution is 9.10. The summed E-state index contributed by atoms with van der Waals surface area (Å²) in [4.78, 5) is -0.172. The summed E-state index contributed by atoms with van der Waals surface area (Å²) < 4.78 is 34.8. The van der Waals surface area contributed by atoms with Gasteiger partial charge in [-0.25, -0.2) is 12.8 Å². The van der Waals surface area contributed by atoms with Crippen LogP contribution in [0, 0.1) is 5.82 Å². The van der Waals surface area contributed by atoms with E-state index in [2.05, 4.69) is 15.9 Å². The molecule has 3 nitrogen and oxygen atoms in total. The molecular formula is C7H6BrFO3S. The number of rotatable bonds is 1. The number of halogens is 2. The molecular weight excluding hydrogens is 263 g/mol. The number of hydrogen-bond acceptors (Lipinski definition) is 3. The fourth-order valence-electron chi connectivity index (χ4n) is 0.756. The Morgan fingerprint density at radius 1 is 1.46 bits per heavy atom. The first-order valence-electron chi connectivity index (χ1n) is 3.20. The second-order valence-electron chi connectivity index (χ2n) is 2.51. The molecule has 0 saturated carbocycles. The highest BCUT2D eigenvalue weighted by Crippen LogP contribution is 2.29. The molecule has 0 bridgehead atoms. The Kier molecular flexibility index (Phi) is 2.63. The van der Waals surface area contributed by atoms with Gasteiger partial charge in [0.05, 0.1) is 9.37 Å². The molecule has 0 aromatic heterocycles. The molecule has 0 amide bonds. The normalized spacial score (nSPS) is 11.6. The van der Waals surface area contributed by atoms with E-state index in [9.17, 15) is 12.8 Å². The van der Waals surface area contributed by atoms with Gasteiger partial charge in [0.25, 0.3) is 0 Å². The van der Waals surface area contributed by atoms with Crippen molar-refractivity contribution in [2.45, 2.75) is 4.90 Å².